The molecule has 3 heteroatoms. The molecule has 0 unspecified atom stereocenters. The fourth-order valence-electron chi connectivity index (χ4n) is 11.1. The Morgan fingerprint density at radius 3 is 2.28 bits per heavy atom. The van der Waals surface area contributed by atoms with E-state index in [1.54, 1.807) is 5.57 Å². The van der Waals surface area contributed by atoms with E-state index in [4.69, 9.17) is 9.47 Å². The van der Waals surface area contributed by atoms with Crippen LogP contribution in [0.2, 0.25) is 0 Å². The fraction of sp³-hybridized carbons (Fsp3) is 0.795. The van der Waals surface area contributed by atoms with E-state index in [0.29, 0.717) is 11.0 Å². The highest BCUT2D eigenvalue weighted by Gasteiger charge is 2.59. The molecule has 0 bridgehead atoms. The number of benzene rings is 1. The number of carbonyl (C=O) groups excluding carboxylic acids is 1. The van der Waals surface area contributed by atoms with Gasteiger partial charge in [0.2, 0.25) is 0 Å². The first-order valence-electron chi connectivity index (χ1n) is 20.3. The van der Waals surface area contributed by atoms with Crippen LogP contribution >= 0.6 is 0 Å². The van der Waals surface area contributed by atoms with E-state index < -0.39 is 0 Å². The van der Waals surface area contributed by atoms with Crippen LogP contribution in [-0.4, -0.2) is 18.7 Å². The first-order valence-corrected chi connectivity index (χ1v) is 20.3. The van der Waals surface area contributed by atoms with Gasteiger partial charge in [0.25, 0.3) is 0 Å². The summed E-state index contributed by atoms with van der Waals surface area (Å²) in [5.41, 5.74) is 3.03. The van der Waals surface area contributed by atoms with E-state index in [1.807, 2.05) is 24.3 Å². The molecule has 0 amide bonds. The van der Waals surface area contributed by atoms with Gasteiger partial charge in [-0.25, -0.2) is 4.79 Å². The van der Waals surface area contributed by atoms with Gasteiger partial charge in [0, 0.05) is 6.42 Å². The molecule has 0 aliphatic heterocycles. The molecule has 8 atom stereocenters. The molecule has 0 radical (unpaired) electrons. The molecule has 47 heavy (non-hydrogen) atoms. The maximum absolute atomic E-state index is 13.2. The van der Waals surface area contributed by atoms with E-state index in [1.165, 1.54) is 96.3 Å². The molecule has 0 aromatic heterocycles. The van der Waals surface area contributed by atoms with E-state index in [0.717, 1.165) is 73.5 Å². The predicted molar refractivity (Wildman–Crippen MR) is 197 cm³/mol. The summed E-state index contributed by atoms with van der Waals surface area (Å²) in [6, 6.07) is 7.61. The summed E-state index contributed by atoms with van der Waals surface area (Å²) in [4.78, 5) is 13.2. The highest BCUT2D eigenvalue weighted by molar-refractivity contribution is 5.89. The van der Waals surface area contributed by atoms with Crippen LogP contribution < -0.4 is 4.74 Å². The minimum Gasteiger partial charge on any atom is -0.494 e. The zero-order valence-electron chi connectivity index (χ0n) is 31.3. The number of carbonyl (C=O) groups is 1. The zero-order valence-corrected chi connectivity index (χ0v) is 31.3. The first kappa shape index (κ1) is 36.5. The number of hydrogen-bond donors (Lipinski definition) is 0. The molecular weight excluding hydrogens is 576 g/mol. The van der Waals surface area contributed by atoms with E-state index in [9.17, 15) is 4.79 Å². The highest BCUT2D eigenvalue weighted by atomic mass is 16.5. The second-order valence-electron chi connectivity index (χ2n) is 17.4. The number of esters is 1. The Hall–Kier alpha value is -1.77. The van der Waals surface area contributed by atoms with Crippen LogP contribution in [0.5, 0.6) is 5.75 Å². The summed E-state index contributed by atoms with van der Waals surface area (Å²) in [7, 11) is 0. The minimum atomic E-state index is -0.185. The second kappa shape index (κ2) is 16.8. The lowest BCUT2D eigenvalue weighted by molar-refractivity contribution is -0.0594. The van der Waals surface area contributed by atoms with Crippen molar-refractivity contribution in [2.45, 2.75) is 170 Å². The van der Waals surface area contributed by atoms with Crippen molar-refractivity contribution in [3.63, 3.8) is 0 Å². The number of allylic oxidation sites excluding steroid dienone is 1. The Kier molecular flexibility index (Phi) is 13.0. The smallest absolute Gasteiger partial charge is 0.338 e. The Morgan fingerprint density at radius 2 is 1.55 bits per heavy atom. The lowest BCUT2D eigenvalue weighted by Crippen LogP contribution is -2.51. The van der Waals surface area contributed by atoms with Gasteiger partial charge < -0.3 is 9.47 Å². The van der Waals surface area contributed by atoms with Crippen molar-refractivity contribution in [2.75, 3.05) is 6.61 Å². The topological polar surface area (TPSA) is 35.5 Å². The number of rotatable bonds is 17. The van der Waals surface area contributed by atoms with Gasteiger partial charge in [0.1, 0.15) is 11.9 Å². The van der Waals surface area contributed by atoms with Gasteiger partial charge in [-0.05, 0) is 122 Å². The molecule has 0 heterocycles. The largest absolute Gasteiger partial charge is 0.494 e. The van der Waals surface area contributed by atoms with Gasteiger partial charge in [-0.1, -0.05) is 117 Å². The van der Waals surface area contributed by atoms with Crippen LogP contribution in [0.15, 0.2) is 35.9 Å². The molecule has 3 saturated carbocycles. The molecule has 0 spiro atoms. The van der Waals surface area contributed by atoms with Gasteiger partial charge in [-0.3, -0.25) is 0 Å². The lowest BCUT2D eigenvalue weighted by atomic mass is 9.47. The molecule has 5 rings (SSSR count). The van der Waals surface area contributed by atoms with E-state index >= 15 is 0 Å². The molecule has 0 N–H and O–H groups in total. The molecule has 0 saturated heterocycles. The molecular formula is C44H70O3. The van der Waals surface area contributed by atoms with Crippen LogP contribution in [0.3, 0.4) is 0 Å². The van der Waals surface area contributed by atoms with Crippen LogP contribution in [0, 0.1) is 46.3 Å². The quantitative estimate of drug-likeness (QED) is 0.0959. The second-order valence-corrected chi connectivity index (χ2v) is 17.4. The van der Waals surface area contributed by atoms with Crippen molar-refractivity contribution in [1.29, 1.82) is 0 Å². The Bertz CT molecular complexity index is 1150. The summed E-state index contributed by atoms with van der Waals surface area (Å²) >= 11 is 0. The number of ether oxygens (including phenoxy) is 2. The van der Waals surface area contributed by atoms with Crippen molar-refractivity contribution in [1.82, 2.24) is 0 Å². The summed E-state index contributed by atoms with van der Waals surface area (Å²) in [5.74, 6) is 5.78. The van der Waals surface area contributed by atoms with Crippen LogP contribution in [0.4, 0.5) is 0 Å². The van der Waals surface area contributed by atoms with Crippen molar-refractivity contribution in [3.05, 3.63) is 41.5 Å². The number of fused-ring (bicyclic) bond motifs is 5. The molecule has 1 aromatic rings. The standard InChI is InChI=1S/C44H70O3/c1-7-8-9-10-11-12-13-14-30-46-36-21-18-34(19-22-36)42(45)47-37-26-28-43(5)35(31-37)20-23-38-40-25-24-39(33(4)17-15-16-32(2)3)44(40,6)29-27-41(38)43/h18-22,32-33,37-41H,7-17,23-31H2,1-6H3/t33-,37+,38-,39+,40-,41-,43+,44-/m1/s1. The van der Waals surface area contributed by atoms with Gasteiger partial charge in [-0.15, -0.1) is 0 Å². The Morgan fingerprint density at radius 1 is 0.830 bits per heavy atom. The summed E-state index contributed by atoms with van der Waals surface area (Å²) < 4.78 is 12.1. The first-order chi connectivity index (χ1) is 22.7. The maximum atomic E-state index is 13.2. The SMILES string of the molecule is CCCCCCCCCCOc1ccc(C(=O)O[C@H]2CC[C@@]3(C)C(=CC[C@@H]4[C@H]5CC[C@@H]([C@H](C)CCCC(C)C)[C@@]5(C)CC[C@H]43)C2)cc1. The van der Waals surface area contributed by atoms with Crippen molar-refractivity contribution in [2.24, 2.45) is 46.3 Å². The molecule has 4 aliphatic rings. The van der Waals surface area contributed by atoms with E-state index in [2.05, 4.69) is 47.6 Å². The lowest BCUT2D eigenvalue weighted by Gasteiger charge is -2.58. The van der Waals surface area contributed by atoms with E-state index in [-0.39, 0.29) is 17.5 Å². The summed E-state index contributed by atoms with van der Waals surface area (Å²) in [6.45, 7) is 15.6. The monoisotopic (exact) mass is 647 g/mol. The highest BCUT2D eigenvalue weighted by Crippen LogP contribution is 2.67. The third-order valence-corrected chi connectivity index (χ3v) is 13.9. The van der Waals surface area contributed by atoms with Crippen LogP contribution in [0.1, 0.15) is 174 Å². The summed E-state index contributed by atoms with van der Waals surface area (Å²) in [5, 5.41) is 0. The summed E-state index contributed by atoms with van der Waals surface area (Å²) in [6.07, 6.45) is 27.2. The average Bonchev–Trinajstić information content (AvgIpc) is 3.41. The van der Waals surface area contributed by atoms with Crippen LogP contribution in [0.25, 0.3) is 0 Å². The third kappa shape index (κ3) is 8.70. The van der Waals surface area contributed by atoms with Crippen molar-refractivity contribution < 1.29 is 14.3 Å². The fourth-order valence-corrected chi connectivity index (χ4v) is 11.1. The molecule has 3 nitrogen and oxygen atoms in total. The molecule has 4 aliphatic carbocycles. The maximum Gasteiger partial charge on any atom is 0.338 e. The third-order valence-electron chi connectivity index (χ3n) is 13.9. The Balaban J connectivity index is 1.09. The number of unbranched alkanes of at least 4 members (excludes halogenated alkanes) is 7. The van der Waals surface area contributed by atoms with Crippen molar-refractivity contribution in [3.8, 4) is 5.75 Å². The van der Waals surface area contributed by atoms with Gasteiger partial charge in [-0.2, -0.15) is 0 Å². The van der Waals surface area contributed by atoms with Gasteiger partial charge >= 0.3 is 5.97 Å². The Labute approximate surface area is 289 Å². The van der Waals surface area contributed by atoms with Gasteiger partial charge in [0.15, 0.2) is 0 Å². The predicted octanol–water partition coefficient (Wildman–Crippen LogP) is 12.8. The van der Waals surface area contributed by atoms with Gasteiger partial charge in [0.05, 0.1) is 12.2 Å². The van der Waals surface area contributed by atoms with Crippen LogP contribution in [-0.2, 0) is 4.74 Å². The normalized spacial score (nSPS) is 32.2. The molecule has 264 valence electrons. The molecule has 3 fully saturated rings. The number of hydrogen-bond acceptors (Lipinski definition) is 3. The minimum absolute atomic E-state index is 0.00678. The van der Waals surface area contributed by atoms with Crippen molar-refractivity contribution >= 4 is 5.97 Å². The zero-order chi connectivity index (χ0) is 33.4. The average molecular weight is 647 g/mol. The molecule has 1 aromatic carbocycles.